The number of carbonyl (C=O) groups is 1. The molecule has 0 radical (unpaired) electrons. The molecule has 1 N–H and O–H groups in total. The number of amides is 1. The second kappa shape index (κ2) is 8.33. The molecule has 3 aliphatic rings. The first-order chi connectivity index (χ1) is 14.4. The Morgan fingerprint density at radius 3 is 2.67 bits per heavy atom. The Morgan fingerprint density at radius 1 is 1.30 bits per heavy atom. The number of benzene rings is 1. The molecule has 4 rings (SSSR count). The molecule has 6 atom stereocenters. The van der Waals surface area contributed by atoms with Gasteiger partial charge in [0.15, 0.2) is 0 Å². The van der Waals surface area contributed by atoms with Crippen LogP contribution in [0.25, 0.3) is 0 Å². The van der Waals surface area contributed by atoms with Crippen LogP contribution in [0.15, 0.2) is 42.0 Å². The summed E-state index contributed by atoms with van der Waals surface area (Å²) in [5.41, 5.74) is 1.78. The molecule has 0 bridgehead atoms. The van der Waals surface area contributed by atoms with Crippen LogP contribution < -0.4 is 5.32 Å². The average Bonchev–Trinajstić information content (AvgIpc) is 3.64. The number of carbonyl (C=O) groups excluding carboxylic acids is 1. The van der Waals surface area contributed by atoms with Crippen molar-refractivity contribution in [3.05, 3.63) is 47.5 Å². The van der Waals surface area contributed by atoms with Crippen LogP contribution in [0.1, 0.15) is 45.6 Å². The number of hydrogen-bond acceptors (Lipinski definition) is 5. The Bertz CT molecular complexity index is 786. The number of rotatable bonds is 7. The van der Waals surface area contributed by atoms with Gasteiger partial charge < -0.3 is 24.3 Å². The maximum Gasteiger partial charge on any atom is 0.407 e. The highest BCUT2D eigenvalue weighted by molar-refractivity contribution is 5.67. The molecule has 6 heteroatoms. The van der Waals surface area contributed by atoms with Crippen molar-refractivity contribution in [3.63, 3.8) is 0 Å². The summed E-state index contributed by atoms with van der Waals surface area (Å²) < 4.78 is 23.9. The van der Waals surface area contributed by atoms with E-state index in [4.69, 9.17) is 18.9 Å². The molecule has 1 aromatic carbocycles. The first-order valence-corrected chi connectivity index (χ1v) is 10.8. The highest BCUT2D eigenvalue weighted by Gasteiger charge is 2.72. The Balaban J connectivity index is 1.41. The first kappa shape index (κ1) is 21.3. The van der Waals surface area contributed by atoms with Crippen molar-refractivity contribution in [1.29, 1.82) is 0 Å². The second-order valence-corrected chi connectivity index (χ2v) is 9.16. The minimum atomic E-state index is -0.416. The molecular formula is C24H33NO5. The van der Waals surface area contributed by atoms with E-state index < -0.39 is 6.09 Å². The fourth-order valence-corrected chi connectivity index (χ4v) is 5.02. The number of epoxide rings is 2. The third-order valence-electron chi connectivity index (χ3n) is 6.78. The van der Waals surface area contributed by atoms with E-state index in [1.807, 2.05) is 30.3 Å². The zero-order chi connectivity index (χ0) is 21.4. The van der Waals surface area contributed by atoms with Gasteiger partial charge in [-0.3, -0.25) is 0 Å². The smallest absolute Gasteiger partial charge is 0.407 e. The highest BCUT2D eigenvalue weighted by Crippen LogP contribution is 2.59. The minimum absolute atomic E-state index is 0.0336. The number of nitrogens with one attached hydrogen (secondary N) is 1. The van der Waals surface area contributed by atoms with Gasteiger partial charge in [0, 0.05) is 13.7 Å². The van der Waals surface area contributed by atoms with Crippen LogP contribution in [0.2, 0.25) is 0 Å². The number of allylic oxidation sites excluding steroid dienone is 1. The van der Waals surface area contributed by atoms with Gasteiger partial charge in [-0.25, -0.2) is 4.79 Å². The standard InChI is InChI=1S/C24H33NO5/c1-16(2)10-11-19-23(3,30-19)21-20(27-4)18(12-13-24(21)15-28-24)29-22(26)25-14-17-8-6-5-7-9-17/h5-10,18-21H,11-15H2,1-4H3,(H,25,26)/t18-,19-,20-,21-,23+,24+/m1/s1. The lowest BCUT2D eigenvalue weighted by Crippen LogP contribution is -2.56. The number of hydrogen-bond donors (Lipinski definition) is 1. The van der Waals surface area contributed by atoms with Crippen LogP contribution in [0.5, 0.6) is 0 Å². The Hall–Kier alpha value is -1.89. The zero-order valence-electron chi connectivity index (χ0n) is 18.4. The van der Waals surface area contributed by atoms with Gasteiger partial charge in [0.2, 0.25) is 0 Å². The molecule has 164 valence electrons. The van der Waals surface area contributed by atoms with Crippen LogP contribution in [-0.2, 0) is 25.5 Å². The lowest BCUT2D eigenvalue weighted by Gasteiger charge is -2.42. The van der Waals surface area contributed by atoms with E-state index in [-0.39, 0.29) is 35.4 Å². The zero-order valence-corrected chi connectivity index (χ0v) is 18.4. The first-order valence-electron chi connectivity index (χ1n) is 10.8. The second-order valence-electron chi connectivity index (χ2n) is 9.16. The molecule has 1 aromatic rings. The summed E-state index contributed by atoms with van der Waals surface area (Å²) in [6.07, 6.45) is 3.81. The number of ether oxygens (including phenoxy) is 4. The van der Waals surface area contributed by atoms with Crippen LogP contribution in [-0.4, -0.2) is 49.3 Å². The summed E-state index contributed by atoms with van der Waals surface area (Å²) in [7, 11) is 1.69. The summed E-state index contributed by atoms with van der Waals surface area (Å²) in [6, 6.07) is 9.80. The van der Waals surface area contributed by atoms with Crippen LogP contribution in [0.3, 0.4) is 0 Å². The van der Waals surface area contributed by atoms with Crippen molar-refractivity contribution in [2.45, 2.75) is 76.1 Å². The molecule has 0 aromatic heterocycles. The van der Waals surface area contributed by atoms with Gasteiger partial charge in [0.05, 0.1) is 18.6 Å². The van der Waals surface area contributed by atoms with E-state index in [1.54, 1.807) is 7.11 Å². The molecule has 0 unspecified atom stereocenters. The minimum Gasteiger partial charge on any atom is -0.443 e. The lowest BCUT2D eigenvalue weighted by atomic mass is 9.68. The summed E-state index contributed by atoms with van der Waals surface area (Å²) in [5, 5.41) is 2.85. The van der Waals surface area contributed by atoms with Crippen molar-refractivity contribution in [2.24, 2.45) is 5.92 Å². The van der Waals surface area contributed by atoms with Crippen LogP contribution >= 0.6 is 0 Å². The Labute approximate surface area is 178 Å². The molecule has 2 heterocycles. The van der Waals surface area contributed by atoms with Gasteiger partial charge in [-0.1, -0.05) is 42.0 Å². The largest absolute Gasteiger partial charge is 0.443 e. The fourth-order valence-electron chi connectivity index (χ4n) is 5.02. The monoisotopic (exact) mass is 415 g/mol. The van der Waals surface area contributed by atoms with Gasteiger partial charge in [-0.05, 0) is 45.6 Å². The van der Waals surface area contributed by atoms with E-state index >= 15 is 0 Å². The fraction of sp³-hybridized carbons (Fsp3) is 0.625. The molecule has 2 saturated heterocycles. The molecule has 1 saturated carbocycles. The highest BCUT2D eigenvalue weighted by atomic mass is 16.6. The van der Waals surface area contributed by atoms with Crippen molar-refractivity contribution in [2.75, 3.05) is 13.7 Å². The van der Waals surface area contributed by atoms with E-state index in [1.165, 1.54) is 5.57 Å². The van der Waals surface area contributed by atoms with Crippen molar-refractivity contribution >= 4 is 6.09 Å². The Kier molecular flexibility index (Phi) is 5.93. The summed E-state index contributed by atoms with van der Waals surface area (Å²) in [4.78, 5) is 12.5. The predicted octanol–water partition coefficient (Wildman–Crippen LogP) is 3.99. The summed E-state index contributed by atoms with van der Waals surface area (Å²) >= 11 is 0. The quantitative estimate of drug-likeness (QED) is 0.539. The molecule has 1 aliphatic carbocycles. The maximum absolute atomic E-state index is 12.5. The van der Waals surface area contributed by atoms with Gasteiger partial charge in [-0.2, -0.15) is 0 Å². The number of methoxy groups -OCH3 is 1. The molecule has 3 fully saturated rings. The molecule has 30 heavy (non-hydrogen) atoms. The third kappa shape index (κ3) is 4.27. The number of alkyl carbamates (subject to hydrolysis) is 1. The average molecular weight is 416 g/mol. The molecule has 1 amide bonds. The maximum atomic E-state index is 12.5. The summed E-state index contributed by atoms with van der Waals surface area (Å²) in [5.74, 6) is 0.0336. The van der Waals surface area contributed by atoms with Crippen molar-refractivity contribution < 1.29 is 23.7 Å². The topological polar surface area (TPSA) is 72.6 Å². The lowest BCUT2D eigenvalue weighted by molar-refractivity contribution is -0.118. The summed E-state index contributed by atoms with van der Waals surface area (Å²) in [6.45, 7) is 7.50. The van der Waals surface area contributed by atoms with Crippen molar-refractivity contribution in [1.82, 2.24) is 5.32 Å². The SMILES string of the molecule is CO[C@@H]1[C@H](OC(=O)NCc2ccccc2)CC[C@]2(CO2)[C@H]1[C@@]1(C)O[C@@H]1CC=C(C)C. The Morgan fingerprint density at radius 2 is 2.03 bits per heavy atom. The van der Waals surface area contributed by atoms with Crippen LogP contribution in [0.4, 0.5) is 4.79 Å². The third-order valence-corrected chi connectivity index (χ3v) is 6.78. The van der Waals surface area contributed by atoms with E-state index in [0.717, 1.165) is 31.4 Å². The molecule has 1 spiro atoms. The van der Waals surface area contributed by atoms with Gasteiger partial charge in [-0.15, -0.1) is 0 Å². The van der Waals surface area contributed by atoms with Gasteiger partial charge >= 0.3 is 6.09 Å². The van der Waals surface area contributed by atoms with E-state index in [9.17, 15) is 4.79 Å². The van der Waals surface area contributed by atoms with Crippen molar-refractivity contribution in [3.8, 4) is 0 Å². The normalized spacial score (nSPS) is 36.8. The van der Waals surface area contributed by atoms with E-state index in [2.05, 4.69) is 32.2 Å². The predicted molar refractivity (Wildman–Crippen MR) is 113 cm³/mol. The van der Waals surface area contributed by atoms with E-state index in [0.29, 0.717) is 6.54 Å². The van der Waals surface area contributed by atoms with Gasteiger partial charge in [0.1, 0.15) is 23.4 Å². The molecule has 6 nitrogen and oxygen atoms in total. The van der Waals surface area contributed by atoms with Crippen LogP contribution in [0, 0.1) is 5.92 Å². The molecule has 2 aliphatic heterocycles. The van der Waals surface area contributed by atoms with Gasteiger partial charge in [0.25, 0.3) is 0 Å². The molecular weight excluding hydrogens is 382 g/mol.